The number of nitrogens with zero attached hydrogens (tertiary/aromatic N) is 1. The van der Waals surface area contributed by atoms with E-state index < -0.39 is 0 Å². The molecule has 1 aliphatic rings. The van der Waals surface area contributed by atoms with E-state index in [1.807, 2.05) is 0 Å². The Morgan fingerprint density at radius 3 is 3.00 bits per heavy atom. The first-order valence-electron chi connectivity index (χ1n) is 4.80. The van der Waals surface area contributed by atoms with Gasteiger partial charge in [-0.3, -0.25) is 0 Å². The first-order valence-corrected chi connectivity index (χ1v) is 5.60. The van der Waals surface area contributed by atoms with Crippen LogP contribution in [0.25, 0.3) is 0 Å². The monoisotopic (exact) mass is 258 g/mol. The summed E-state index contributed by atoms with van der Waals surface area (Å²) < 4.78 is 13.9. The average molecular weight is 259 g/mol. The predicted octanol–water partition coefficient (Wildman–Crippen LogP) is 3.20. The average Bonchev–Trinajstić information content (AvgIpc) is 2.92. The van der Waals surface area contributed by atoms with Crippen LogP contribution in [-0.4, -0.2) is 11.5 Å². The van der Waals surface area contributed by atoms with Crippen LogP contribution in [0, 0.1) is 11.7 Å². The number of anilines is 1. The van der Waals surface area contributed by atoms with Gasteiger partial charge in [-0.15, -0.1) is 0 Å². The molecule has 2 nitrogen and oxygen atoms in total. The summed E-state index contributed by atoms with van der Waals surface area (Å²) in [4.78, 5) is 3.96. The van der Waals surface area contributed by atoms with E-state index in [0.717, 1.165) is 18.9 Å². The minimum atomic E-state index is -0.296. The Bertz CT molecular complexity index is 326. The molecule has 76 valence electrons. The van der Waals surface area contributed by atoms with Crippen LogP contribution in [0.5, 0.6) is 0 Å². The van der Waals surface area contributed by atoms with E-state index in [1.165, 1.54) is 18.9 Å². The molecular weight excluding hydrogens is 247 g/mol. The van der Waals surface area contributed by atoms with Gasteiger partial charge in [0.1, 0.15) is 0 Å². The van der Waals surface area contributed by atoms with Gasteiger partial charge in [0.15, 0.2) is 11.6 Å². The second-order valence-corrected chi connectivity index (χ2v) is 4.56. The number of hydrogen-bond acceptors (Lipinski definition) is 2. The van der Waals surface area contributed by atoms with Crippen molar-refractivity contribution in [3.63, 3.8) is 0 Å². The van der Waals surface area contributed by atoms with Crippen LogP contribution in [0.15, 0.2) is 16.7 Å². The first-order chi connectivity index (χ1) is 6.75. The second-order valence-electron chi connectivity index (χ2n) is 3.64. The number of hydrogen-bond donors (Lipinski definition) is 1. The molecule has 0 saturated heterocycles. The van der Waals surface area contributed by atoms with E-state index in [2.05, 4.69) is 26.2 Å². The van der Waals surface area contributed by atoms with E-state index in [9.17, 15) is 4.39 Å². The van der Waals surface area contributed by atoms with Crippen molar-refractivity contribution in [3.05, 3.63) is 22.6 Å². The second kappa shape index (κ2) is 4.26. The third kappa shape index (κ3) is 2.67. The van der Waals surface area contributed by atoms with Crippen LogP contribution in [0.1, 0.15) is 19.3 Å². The summed E-state index contributed by atoms with van der Waals surface area (Å²) in [5.74, 6) is 0.921. The summed E-state index contributed by atoms with van der Waals surface area (Å²) in [6, 6.07) is 1.42. The number of halogens is 2. The molecule has 14 heavy (non-hydrogen) atoms. The third-order valence-electron chi connectivity index (χ3n) is 2.35. The van der Waals surface area contributed by atoms with Crippen LogP contribution < -0.4 is 5.32 Å². The maximum atomic E-state index is 13.2. The minimum absolute atomic E-state index is 0.296. The van der Waals surface area contributed by atoms with Gasteiger partial charge in [-0.05, 0) is 34.3 Å². The zero-order valence-corrected chi connectivity index (χ0v) is 9.35. The molecule has 0 bridgehead atoms. The van der Waals surface area contributed by atoms with Gasteiger partial charge >= 0.3 is 0 Å². The molecule has 1 aromatic heterocycles. The van der Waals surface area contributed by atoms with Gasteiger partial charge in [0.05, 0.1) is 0 Å². The quantitative estimate of drug-likeness (QED) is 0.898. The molecule has 4 heteroatoms. The Morgan fingerprint density at radius 2 is 2.36 bits per heavy atom. The van der Waals surface area contributed by atoms with Crippen molar-refractivity contribution < 1.29 is 4.39 Å². The Kier molecular flexibility index (Phi) is 3.01. The highest BCUT2D eigenvalue weighted by Gasteiger charge is 2.20. The van der Waals surface area contributed by atoms with Gasteiger partial charge in [0, 0.05) is 17.2 Å². The molecule has 1 heterocycles. The molecule has 1 fully saturated rings. The summed E-state index contributed by atoms with van der Waals surface area (Å²) in [5, 5.41) is 3.00. The van der Waals surface area contributed by atoms with Crippen molar-refractivity contribution in [2.24, 2.45) is 5.92 Å². The smallest absolute Gasteiger partial charge is 0.166 e. The van der Waals surface area contributed by atoms with Crippen molar-refractivity contribution >= 4 is 21.7 Å². The summed E-state index contributed by atoms with van der Waals surface area (Å²) in [6.45, 7) is 0.816. The molecule has 0 amide bonds. The Labute approximate surface area is 91.1 Å². The number of nitrogens with one attached hydrogen (secondary N) is 1. The van der Waals surface area contributed by atoms with Crippen LogP contribution in [-0.2, 0) is 0 Å². The maximum absolute atomic E-state index is 13.2. The van der Waals surface area contributed by atoms with Crippen molar-refractivity contribution in [1.82, 2.24) is 4.98 Å². The van der Waals surface area contributed by atoms with E-state index in [4.69, 9.17) is 0 Å². The van der Waals surface area contributed by atoms with Crippen LogP contribution >= 0.6 is 15.9 Å². The first kappa shape index (κ1) is 9.90. The van der Waals surface area contributed by atoms with E-state index >= 15 is 0 Å². The fourth-order valence-electron chi connectivity index (χ4n) is 1.35. The molecule has 1 saturated carbocycles. The van der Waals surface area contributed by atoms with E-state index in [-0.39, 0.29) is 5.82 Å². The van der Waals surface area contributed by atoms with Crippen molar-refractivity contribution in [2.45, 2.75) is 19.3 Å². The molecule has 0 aliphatic heterocycles. The highest BCUT2D eigenvalue weighted by atomic mass is 79.9. The molecule has 1 aromatic rings. The molecular formula is C10H12BrFN2. The topological polar surface area (TPSA) is 24.9 Å². The minimum Gasteiger partial charge on any atom is -0.368 e. The standard InChI is InChI=1S/C10H12BrFN2/c11-8-5-9(12)10(14-6-8)13-4-3-7-1-2-7/h5-7H,1-4H2,(H,13,14). The van der Waals surface area contributed by atoms with Crippen LogP contribution in [0.4, 0.5) is 10.2 Å². The van der Waals surface area contributed by atoms with E-state index in [1.54, 1.807) is 6.20 Å². The Hall–Kier alpha value is -0.640. The van der Waals surface area contributed by atoms with Gasteiger partial charge < -0.3 is 5.32 Å². The van der Waals surface area contributed by atoms with Crippen molar-refractivity contribution in [3.8, 4) is 0 Å². The zero-order chi connectivity index (χ0) is 9.97. The highest BCUT2D eigenvalue weighted by molar-refractivity contribution is 9.10. The summed E-state index contributed by atoms with van der Waals surface area (Å²) in [6.07, 6.45) is 5.38. The molecule has 2 rings (SSSR count). The predicted molar refractivity (Wildman–Crippen MR) is 57.7 cm³/mol. The maximum Gasteiger partial charge on any atom is 0.166 e. The molecule has 0 atom stereocenters. The number of aromatic nitrogens is 1. The molecule has 1 aliphatic carbocycles. The lowest BCUT2D eigenvalue weighted by Crippen LogP contribution is -2.05. The molecule has 0 unspecified atom stereocenters. The lowest BCUT2D eigenvalue weighted by atomic mass is 10.3. The van der Waals surface area contributed by atoms with Gasteiger partial charge in [0.2, 0.25) is 0 Å². The fourth-order valence-corrected chi connectivity index (χ4v) is 1.65. The highest BCUT2D eigenvalue weighted by Crippen LogP contribution is 2.32. The normalized spacial score (nSPS) is 15.6. The molecule has 0 radical (unpaired) electrons. The fraction of sp³-hybridized carbons (Fsp3) is 0.500. The zero-order valence-electron chi connectivity index (χ0n) is 7.76. The van der Waals surface area contributed by atoms with E-state index in [0.29, 0.717) is 10.3 Å². The summed E-state index contributed by atoms with van der Waals surface area (Å²) >= 11 is 3.17. The largest absolute Gasteiger partial charge is 0.368 e. The van der Waals surface area contributed by atoms with Crippen LogP contribution in [0.2, 0.25) is 0 Å². The lowest BCUT2D eigenvalue weighted by Gasteiger charge is -2.05. The Morgan fingerprint density at radius 1 is 1.57 bits per heavy atom. The molecule has 0 aromatic carbocycles. The number of rotatable bonds is 4. The number of pyridine rings is 1. The van der Waals surface area contributed by atoms with Gasteiger partial charge in [-0.2, -0.15) is 0 Å². The van der Waals surface area contributed by atoms with Crippen LogP contribution in [0.3, 0.4) is 0 Å². The van der Waals surface area contributed by atoms with Crippen molar-refractivity contribution in [1.29, 1.82) is 0 Å². The van der Waals surface area contributed by atoms with Gasteiger partial charge in [-0.25, -0.2) is 9.37 Å². The summed E-state index contributed by atoms with van der Waals surface area (Å²) in [7, 11) is 0. The molecule has 0 spiro atoms. The van der Waals surface area contributed by atoms with Gasteiger partial charge in [0.25, 0.3) is 0 Å². The van der Waals surface area contributed by atoms with Crippen molar-refractivity contribution in [2.75, 3.05) is 11.9 Å². The van der Waals surface area contributed by atoms with Gasteiger partial charge in [-0.1, -0.05) is 12.8 Å². The lowest BCUT2D eigenvalue weighted by molar-refractivity contribution is 0.621. The SMILES string of the molecule is Fc1cc(Br)cnc1NCCC1CC1. The third-order valence-corrected chi connectivity index (χ3v) is 2.78. The Balaban J connectivity index is 1.87. The summed E-state index contributed by atoms with van der Waals surface area (Å²) in [5.41, 5.74) is 0. The molecule has 1 N–H and O–H groups in total.